The maximum atomic E-state index is 13.4. The molecular formula is C22H18N2O3S. The molecular weight excluding hydrogens is 372 g/mol. The Morgan fingerprint density at radius 2 is 1.64 bits per heavy atom. The summed E-state index contributed by atoms with van der Waals surface area (Å²) in [4.78, 5) is 32.6. The predicted octanol–water partition coefficient (Wildman–Crippen LogP) is 4.54. The summed E-state index contributed by atoms with van der Waals surface area (Å²) >= 11 is 1.27. The Kier molecular flexibility index (Phi) is 4.57. The average Bonchev–Trinajstić information content (AvgIpc) is 3.18. The van der Waals surface area contributed by atoms with Crippen LogP contribution in [0.2, 0.25) is 0 Å². The topological polar surface area (TPSA) is 70.5 Å². The van der Waals surface area contributed by atoms with E-state index in [0.29, 0.717) is 16.3 Å². The fourth-order valence-corrected chi connectivity index (χ4v) is 4.38. The molecule has 0 spiro atoms. The van der Waals surface area contributed by atoms with Gasteiger partial charge in [0.2, 0.25) is 5.78 Å². The average molecular weight is 390 g/mol. The quantitative estimate of drug-likeness (QED) is 0.664. The largest absolute Gasteiger partial charge is 0.503 e. The van der Waals surface area contributed by atoms with Crippen molar-refractivity contribution in [1.82, 2.24) is 4.98 Å². The lowest BCUT2D eigenvalue weighted by Gasteiger charge is -2.26. The highest BCUT2D eigenvalue weighted by Crippen LogP contribution is 2.42. The third-order valence-corrected chi connectivity index (χ3v) is 5.78. The summed E-state index contributed by atoms with van der Waals surface area (Å²) in [6, 6.07) is 17.6. The first-order valence-corrected chi connectivity index (χ1v) is 9.66. The number of para-hydroxylation sites is 1. The standard InChI is InChI=1S/C22H18N2O3S/c1-13-21(28-14(2)23-13)19(25)17-18(15-9-5-3-6-10-15)24(22(27)20(17)26)16-11-7-4-8-12-16/h3-12,18,26H,1-2H3. The fraction of sp³-hybridized carbons (Fsp3) is 0.136. The Morgan fingerprint density at radius 3 is 2.21 bits per heavy atom. The van der Waals surface area contributed by atoms with Crippen molar-refractivity contribution in [3.63, 3.8) is 0 Å². The van der Waals surface area contributed by atoms with Crippen LogP contribution in [0.4, 0.5) is 5.69 Å². The molecule has 2 heterocycles. The Bertz CT molecular complexity index is 1090. The number of benzene rings is 2. The van der Waals surface area contributed by atoms with Gasteiger partial charge >= 0.3 is 0 Å². The summed E-state index contributed by atoms with van der Waals surface area (Å²) < 4.78 is 0. The number of amides is 1. The molecule has 0 saturated carbocycles. The monoisotopic (exact) mass is 390 g/mol. The van der Waals surface area contributed by atoms with Crippen molar-refractivity contribution in [2.75, 3.05) is 4.90 Å². The molecule has 1 aliphatic heterocycles. The number of aryl methyl sites for hydroxylation is 2. The van der Waals surface area contributed by atoms with Gasteiger partial charge in [-0.15, -0.1) is 11.3 Å². The van der Waals surface area contributed by atoms with Crippen LogP contribution in [0.15, 0.2) is 72.0 Å². The molecule has 1 aromatic heterocycles. The van der Waals surface area contributed by atoms with Gasteiger partial charge < -0.3 is 5.11 Å². The van der Waals surface area contributed by atoms with Crippen molar-refractivity contribution in [2.24, 2.45) is 0 Å². The molecule has 1 N–H and O–H groups in total. The van der Waals surface area contributed by atoms with Crippen LogP contribution in [0.5, 0.6) is 0 Å². The van der Waals surface area contributed by atoms with Crippen molar-refractivity contribution in [1.29, 1.82) is 0 Å². The molecule has 0 saturated heterocycles. The molecule has 3 aromatic rings. The third kappa shape index (κ3) is 2.92. The normalized spacial score (nSPS) is 16.7. The number of ketones is 1. The molecule has 1 unspecified atom stereocenters. The van der Waals surface area contributed by atoms with Crippen LogP contribution in [0.25, 0.3) is 0 Å². The van der Waals surface area contributed by atoms with E-state index in [1.807, 2.05) is 55.5 Å². The summed E-state index contributed by atoms with van der Waals surface area (Å²) in [7, 11) is 0. The summed E-state index contributed by atoms with van der Waals surface area (Å²) in [5.41, 5.74) is 2.07. The van der Waals surface area contributed by atoms with Crippen LogP contribution >= 0.6 is 11.3 Å². The van der Waals surface area contributed by atoms with E-state index in [9.17, 15) is 14.7 Å². The van der Waals surface area contributed by atoms with E-state index in [1.54, 1.807) is 19.1 Å². The van der Waals surface area contributed by atoms with Crippen molar-refractivity contribution in [3.8, 4) is 0 Å². The van der Waals surface area contributed by atoms with Gasteiger partial charge in [0.05, 0.1) is 27.2 Å². The van der Waals surface area contributed by atoms with E-state index in [0.717, 1.165) is 10.6 Å². The zero-order valence-corrected chi connectivity index (χ0v) is 16.2. The zero-order valence-electron chi connectivity index (χ0n) is 15.4. The van der Waals surface area contributed by atoms with Crippen LogP contribution in [-0.4, -0.2) is 21.8 Å². The molecule has 140 valence electrons. The first-order chi connectivity index (χ1) is 13.5. The molecule has 5 nitrogen and oxygen atoms in total. The number of aliphatic hydroxyl groups excluding tert-OH is 1. The Labute approximate surface area is 166 Å². The van der Waals surface area contributed by atoms with E-state index >= 15 is 0 Å². The van der Waals surface area contributed by atoms with Gasteiger partial charge in [-0.05, 0) is 31.5 Å². The third-order valence-electron chi connectivity index (χ3n) is 4.71. The van der Waals surface area contributed by atoms with Crippen LogP contribution in [0, 0.1) is 13.8 Å². The Hall–Kier alpha value is -3.25. The SMILES string of the molecule is Cc1nc(C)c(C(=O)C2=C(O)C(=O)N(c3ccccc3)C2c2ccccc2)s1. The minimum absolute atomic E-state index is 0.0896. The number of rotatable bonds is 4. The number of carbonyl (C=O) groups excluding carboxylic acids is 2. The molecule has 6 heteroatoms. The molecule has 28 heavy (non-hydrogen) atoms. The lowest BCUT2D eigenvalue weighted by molar-refractivity contribution is -0.117. The lowest BCUT2D eigenvalue weighted by Crippen LogP contribution is -2.30. The van der Waals surface area contributed by atoms with Gasteiger partial charge in [-0.3, -0.25) is 14.5 Å². The minimum atomic E-state index is -0.703. The van der Waals surface area contributed by atoms with Crippen LogP contribution in [-0.2, 0) is 4.79 Å². The molecule has 0 fully saturated rings. The molecule has 0 bridgehead atoms. The number of thiazole rings is 1. The van der Waals surface area contributed by atoms with Crippen molar-refractivity contribution in [2.45, 2.75) is 19.9 Å². The van der Waals surface area contributed by atoms with E-state index in [1.165, 1.54) is 16.2 Å². The van der Waals surface area contributed by atoms with Crippen LogP contribution < -0.4 is 4.90 Å². The van der Waals surface area contributed by atoms with Crippen molar-refractivity contribution >= 4 is 28.7 Å². The van der Waals surface area contributed by atoms with E-state index in [-0.39, 0.29) is 11.4 Å². The van der Waals surface area contributed by atoms with Crippen LogP contribution in [0.1, 0.15) is 32.0 Å². The number of hydrogen-bond donors (Lipinski definition) is 1. The van der Waals surface area contributed by atoms with Gasteiger partial charge in [0, 0.05) is 5.69 Å². The molecule has 0 aliphatic carbocycles. The second-order valence-corrected chi connectivity index (χ2v) is 7.77. The summed E-state index contributed by atoms with van der Waals surface area (Å²) in [5, 5.41) is 11.5. The van der Waals surface area contributed by atoms with Crippen LogP contribution in [0.3, 0.4) is 0 Å². The number of aromatic nitrogens is 1. The van der Waals surface area contributed by atoms with E-state index in [2.05, 4.69) is 4.98 Å². The Balaban J connectivity index is 1.89. The van der Waals surface area contributed by atoms with Crippen molar-refractivity contribution < 1.29 is 14.7 Å². The highest BCUT2D eigenvalue weighted by atomic mass is 32.1. The number of Topliss-reactive ketones (excluding diaryl/α,β-unsaturated/α-hetero) is 1. The second kappa shape index (κ2) is 7.05. The smallest absolute Gasteiger partial charge is 0.294 e. The lowest BCUT2D eigenvalue weighted by atomic mass is 9.95. The number of nitrogens with zero attached hydrogens (tertiary/aromatic N) is 2. The number of hydrogen-bond acceptors (Lipinski definition) is 5. The maximum absolute atomic E-state index is 13.4. The fourth-order valence-electron chi connectivity index (χ4n) is 3.51. The number of anilines is 1. The highest BCUT2D eigenvalue weighted by molar-refractivity contribution is 7.14. The summed E-state index contributed by atoms with van der Waals surface area (Å²) in [6.45, 7) is 3.59. The first-order valence-electron chi connectivity index (χ1n) is 8.84. The van der Waals surface area contributed by atoms with Gasteiger partial charge in [-0.1, -0.05) is 48.5 Å². The summed E-state index contributed by atoms with van der Waals surface area (Å²) in [5.74, 6) is -1.45. The highest BCUT2D eigenvalue weighted by Gasteiger charge is 2.45. The minimum Gasteiger partial charge on any atom is -0.503 e. The van der Waals surface area contributed by atoms with E-state index < -0.39 is 17.7 Å². The molecule has 4 rings (SSSR count). The molecule has 1 atom stereocenters. The molecule has 1 aliphatic rings. The van der Waals surface area contributed by atoms with E-state index in [4.69, 9.17) is 0 Å². The predicted molar refractivity (Wildman–Crippen MR) is 109 cm³/mol. The van der Waals surface area contributed by atoms with Crippen molar-refractivity contribution in [3.05, 3.63) is 93.1 Å². The maximum Gasteiger partial charge on any atom is 0.294 e. The zero-order chi connectivity index (χ0) is 19.8. The molecule has 1 amide bonds. The summed E-state index contributed by atoms with van der Waals surface area (Å²) in [6.07, 6.45) is 0. The van der Waals surface area contributed by atoms with Gasteiger partial charge in [0.25, 0.3) is 5.91 Å². The molecule has 2 aromatic carbocycles. The molecule has 0 radical (unpaired) electrons. The van der Waals surface area contributed by atoms with Gasteiger partial charge in [0.15, 0.2) is 5.76 Å². The number of aliphatic hydroxyl groups is 1. The Morgan fingerprint density at radius 1 is 1.04 bits per heavy atom. The van der Waals surface area contributed by atoms with Gasteiger partial charge in [0.1, 0.15) is 0 Å². The number of carbonyl (C=O) groups is 2. The van der Waals surface area contributed by atoms with Gasteiger partial charge in [-0.25, -0.2) is 4.98 Å². The first kappa shape index (κ1) is 18.1. The second-order valence-electron chi connectivity index (χ2n) is 6.56. The van der Waals surface area contributed by atoms with Gasteiger partial charge in [-0.2, -0.15) is 0 Å².